The van der Waals surface area contributed by atoms with Crippen molar-refractivity contribution >= 4 is 0 Å². The van der Waals surface area contributed by atoms with Crippen molar-refractivity contribution in [3.8, 4) is 0 Å². The molecule has 1 atom stereocenters. The van der Waals surface area contributed by atoms with Crippen molar-refractivity contribution in [2.24, 2.45) is 0 Å². The van der Waals surface area contributed by atoms with Gasteiger partial charge < -0.3 is 9.73 Å². The lowest BCUT2D eigenvalue weighted by atomic mass is 9.99. The van der Waals surface area contributed by atoms with Gasteiger partial charge in [-0.05, 0) is 45.9 Å². The van der Waals surface area contributed by atoms with Gasteiger partial charge in [0.1, 0.15) is 11.5 Å². The predicted molar refractivity (Wildman–Crippen MR) is 76.3 cm³/mol. The first-order valence-electron chi connectivity index (χ1n) is 6.91. The smallest absolute Gasteiger partial charge is 0.106 e. The SMILES string of the molecule is CCNC(c1c(C)oc(C)c1C)c1ccnn1CC. The maximum atomic E-state index is 5.77. The van der Waals surface area contributed by atoms with Crippen molar-refractivity contribution in [3.05, 3.63) is 40.6 Å². The van der Waals surface area contributed by atoms with Gasteiger partial charge in [0.2, 0.25) is 0 Å². The number of furan rings is 1. The number of hydrogen-bond acceptors (Lipinski definition) is 3. The molecule has 1 unspecified atom stereocenters. The Bertz CT molecular complexity index is 554. The van der Waals surface area contributed by atoms with Crippen LogP contribution in [0, 0.1) is 20.8 Å². The summed E-state index contributed by atoms with van der Waals surface area (Å²) >= 11 is 0. The van der Waals surface area contributed by atoms with Gasteiger partial charge in [0.25, 0.3) is 0 Å². The van der Waals surface area contributed by atoms with Crippen molar-refractivity contribution in [1.82, 2.24) is 15.1 Å². The van der Waals surface area contributed by atoms with E-state index < -0.39 is 0 Å². The average Bonchev–Trinajstić information content (AvgIpc) is 2.94. The Morgan fingerprint density at radius 1 is 1.26 bits per heavy atom. The van der Waals surface area contributed by atoms with E-state index in [9.17, 15) is 0 Å². The molecule has 0 saturated heterocycles. The van der Waals surface area contributed by atoms with Gasteiger partial charge in [0, 0.05) is 18.3 Å². The Morgan fingerprint density at radius 2 is 2.00 bits per heavy atom. The molecule has 2 heterocycles. The van der Waals surface area contributed by atoms with E-state index in [4.69, 9.17) is 4.42 Å². The highest BCUT2D eigenvalue weighted by Gasteiger charge is 2.24. The molecule has 1 N–H and O–H groups in total. The number of nitrogens with one attached hydrogen (secondary N) is 1. The van der Waals surface area contributed by atoms with Crippen LogP contribution in [0.2, 0.25) is 0 Å². The van der Waals surface area contributed by atoms with Crippen LogP contribution in [0.4, 0.5) is 0 Å². The predicted octanol–water partition coefficient (Wildman–Crippen LogP) is 3.12. The second-order valence-electron chi connectivity index (χ2n) is 4.82. The highest BCUT2D eigenvalue weighted by Crippen LogP contribution is 2.31. The number of rotatable bonds is 5. The quantitative estimate of drug-likeness (QED) is 0.899. The average molecular weight is 261 g/mol. The van der Waals surface area contributed by atoms with E-state index in [-0.39, 0.29) is 6.04 Å². The minimum absolute atomic E-state index is 0.143. The zero-order valence-corrected chi connectivity index (χ0v) is 12.4. The van der Waals surface area contributed by atoms with Gasteiger partial charge in [-0.3, -0.25) is 4.68 Å². The molecule has 2 aromatic heterocycles. The molecule has 0 amide bonds. The summed E-state index contributed by atoms with van der Waals surface area (Å²) in [6, 6.07) is 2.22. The summed E-state index contributed by atoms with van der Waals surface area (Å²) in [5.41, 5.74) is 3.67. The minimum atomic E-state index is 0.143. The topological polar surface area (TPSA) is 43.0 Å². The van der Waals surface area contributed by atoms with E-state index in [0.29, 0.717) is 0 Å². The third-order valence-electron chi connectivity index (χ3n) is 3.66. The zero-order chi connectivity index (χ0) is 14.0. The second kappa shape index (κ2) is 5.61. The zero-order valence-electron chi connectivity index (χ0n) is 12.4. The fraction of sp³-hybridized carbons (Fsp3) is 0.533. The summed E-state index contributed by atoms with van der Waals surface area (Å²) < 4.78 is 7.81. The Balaban J connectivity index is 2.51. The molecule has 104 valence electrons. The van der Waals surface area contributed by atoms with Crippen LogP contribution in [0.5, 0.6) is 0 Å². The van der Waals surface area contributed by atoms with E-state index in [2.05, 4.69) is 37.3 Å². The van der Waals surface area contributed by atoms with Crippen LogP contribution in [0.25, 0.3) is 0 Å². The van der Waals surface area contributed by atoms with Crippen molar-refractivity contribution in [1.29, 1.82) is 0 Å². The van der Waals surface area contributed by atoms with Gasteiger partial charge in [0.05, 0.1) is 11.7 Å². The Hall–Kier alpha value is -1.55. The van der Waals surface area contributed by atoms with E-state index >= 15 is 0 Å². The standard InChI is InChI=1S/C15H23N3O/c1-6-16-15(13-8-9-17-18(13)7-2)14-10(3)11(4)19-12(14)5/h8-9,15-16H,6-7H2,1-5H3. The van der Waals surface area contributed by atoms with Gasteiger partial charge >= 0.3 is 0 Å². The van der Waals surface area contributed by atoms with Crippen molar-refractivity contribution in [3.63, 3.8) is 0 Å². The van der Waals surface area contributed by atoms with E-state index in [1.807, 2.05) is 24.7 Å². The first kappa shape index (κ1) is 13.9. The normalized spacial score (nSPS) is 12.9. The first-order valence-corrected chi connectivity index (χ1v) is 6.91. The fourth-order valence-corrected chi connectivity index (χ4v) is 2.65. The first-order chi connectivity index (χ1) is 9.10. The van der Waals surface area contributed by atoms with Gasteiger partial charge in [-0.2, -0.15) is 5.10 Å². The lowest BCUT2D eigenvalue weighted by Gasteiger charge is -2.19. The molecule has 4 nitrogen and oxygen atoms in total. The molecular formula is C15H23N3O. The highest BCUT2D eigenvalue weighted by molar-refractivity contribution is 5.38. The van der Waals surface area contributed by atoms with Crippen molar-refractivity contribution < 1.29 is 4.42 Å². The maximum Gasteiger partial charge on any atom is 0.106 e. The van der Waals surface area contributed by atoms with E-state index in [1.165, 1.54) is 16.8 Å². The molecule has 0 fully saturated rings. The molecular weight excluding hydrogens is 238 g/mol. The van der Waals surface area contributed by atoms with Crippen LogP contribution in [0.3, 0.4) is 0 Å². The molecule has 0 aliphatic rings. The van der Waals surface area contributed by atoms with Crippen LogP contribution < -0.4 is 5.32 Å². The summed E-state index contributed by atoms with van der Waals surface area (Å²) in [5, 5.41) is 7.93. The number of aryl methyl sites for hydroxylation is 3. The van der Waals surface area contributed by atoms with Gasteiger partial charge in [-0.1, -0.05) is 6.92 Å². The largest absolute Gasteiger partial charge is 0.466 e. The Morgan fingerprint density at radius 3 is 2.53 bits per heavy atom. The monoisotopic (exact) mass is 261 g/mol. The Labute approximate surface area is 114 Å². The second-order valence-corrected chi connectivity index (χ2v) is 4.82. The molecule has 4 heteroatoms. The van der Waals surface area contributed by atoms with Gasteiger partial charge in [-0.25, -0.2) is 0 Å². The molecule has 0 aliphatic heterocycles. The lowest BCUT2D eigenvalue weighted by Crippen LogP contribution is -2.25. The fourth-order valence-electron chi connectivity index (χ4n) is 2.65. The summed E-state index contributed by atoms with van der Waals surface area (Å²) in [5.74, 6) is 1.99. The van der Waals surface area contributed by atoms with Crippen LogP contribution >= 0.6 is 0 Å². The summed E-state index contributed by atoms with van der Waals surface area (Å²) in [6.07, 6.45) is 1.86. The molecule has 0 aliphatic carbocycles. The number of hydrogen-bond donors (Lipinski definition) is 1. The van der Waals surface area contributed by atoms with Gasteiger partial charge in [-0.15, -0.1) is 0 Å². The summed E-state index contributed by atoms with van der Waals surface area (Å²) in [4.78, 5) is 0. The molecule has 0 bridgehead atoms. The van der Waals surface area contributed by atoms with E-state index in [0.717, 1.165) is 24.6 Å². The van der Waals surface area contributed by atoms with Crippen LogP contribution in [-0.2, 0) is 6.54 Å². The molecule has 2 rings (SSSR count). The molecule has 0 aromatic carbocycles. The molecule has 0 spiro atoms. The molecule has 2 aromatic rings. The third kappa shape index (κ3) is 2.45. The van der Waals surface area contributed by atoms with Crippen LogP contribution in [0.15, 0.2) is 16.7 Å². The van der Waals surface area contributed by atoms with Crippen molar-refractivity contribution in [2.75, 3.05) is 6.54 Å². The van der Waals surface area contributed by atoms with Crippen LogP contribution in [0.1, 0.15) is 48.2 Å². The maximum absolute atomic E-state index is 5.77. The highest BCUT2D eigenvalue weighted by atomic mass is 16.3. The Kier molecular flexibility index (Phi) is 4.10. The number of nitrogens with zero attached hydrogens (tertiary/aromatic N) is 2. The lowest BCUT2D eigenvalue weighted by molar-refractivity contribution is 0.488. The third-order valence-corrected chi connectivity index (χ3v) is 3.66. The molecule has 0 radical (unpaired) electrons. The summed E-state index contributed by atoms with van der Waals surface area (Å²) in [6.45, 7) is 12.2. The van der Waals surface area contributed by atoms with E-state index in [1.54, 1.807) is 0 Å². The summed E-state index contributed by atoms with van der Waals surface area (Å²) in [7, 11) is 0. The van der Waals surface area contributed by atoms with Crippen molar-refractivity contribution in [2.45, 2.75) is 47.2 Å². The molecule has 0 saturated carbocycles. The molecule has 19 heavy (non-hydrogen) atoms. The number of aromatic nitrogens is 2. The minimum Gasteiger partial charge on any atom is -0.466 e. The van der Waals surface area contributed by atoms with Gasteiger partial charge in [0.15, 0.2) is 0 Å². The van der Waals surface area contributed by atoms with Crippen LogP contribution in [-0.4, -0.2) is 16.3 Å².